The molecule has 1 amide bonds. The highest BCUT2D eigenvalue weighted by Gasteiger charge is 2.32. The minimum Gasteiger partial charge on any atom is -0.494 e. The van der Waals surface area contributed by atoms with Crippen LogP contribution in [0.3, 0.4) is 0 Å². The molecule has 5 heteroatoms. The highest BCUT2D eigenvalue weighted by Crippen LogP contribution is 2.40. The monoisotopic (exact) mass is 337 g/mol. The molecule has 0 aromatic heterocycles. The zero-order valence-electron chi connectivity index (χ0n) is 14.2. The molecular formula is C18H27NO3S. The second-order valence-electron chi connectivity index (χ2n) is 6.68. The molecule has 0 radical (unpaired) electrons. The Morgan fingerprint density at radius 2 is 2.22 bits per heavy atom. The number of hydrogen-bond donors (Lipinski definition) is 1. The summed E-state index contributed by atoms with van der Waals surface area (Å²) in [6, 6.07) is 8.02. The van der Waals surface area contributed by atoms with Gasteiger partial charge < -0.3 is 14.7 Å². The van der Waals surface area contributed by atoms with E-state index < -0.39 is 0 Å². The van der Waals surface area contributed by atoms with E-state index in [-0.39, 0.29) is 23.3 Å². The van der Waals surface area contributed by atoms with Gasteiger partial charge in [0.05, 0.1) is 12.4 Å². The quantitative estimate of drug-likeness (QED) is 0.789. The van der Waals surface area contributed by atoms with Crippen molar-refractivity contribution >= 4 is 17.7 Å². The third-order valence-electron chi connectivity index (χ3n) is 4.10. The molecule has 23 heavy (non-hydrogen) atoms. The highest BCUT2D eigenvalue weighted by atomic mass is 32.2. The zero-order chi connectivity index (χ0) is 16.9. The first kappa shape index (κ1) is 18.1. The van der Waals surface area contributed by atoms with Gasteiger partial charge >= 0.3 is 0 Å². The number of amides is 1. The predicted molar refractivity (Wildman–Crippen MR) is 94.6 cm³/mol. The van der Waals surface area contributed by atoms with E-state index in [0.717, 1.165) is 30.7 Å². The summed E-state index contributed by atoms with van der Waals surface area (Å²) in [7, 11) is 0. The van der Waals surface area contributed by atoms with E-state index in [1.54, 1.807) is 11.8 Å². The Bertz CT molecular complexity index is 533. The molecule has 1 fully saturated rings. The second-order valence-corrected chi connectivity index (χ2v) is 7.75. The lowest BCUT2D eigenvalue weighted by Crippen LogP contribution is -2.30. The van der Waals surface area contributed by atoms with Crippen LogP contribution in [0, 0.1) is 5.41 Å². The van der Waals surface area contributed by atoms with Gasteiger partial charge in [-0.25, -0.2) is 0 Å². The smallest absolute Gasteiger partial charge is 0.233 e. The molecule has 1 aromatic carbocycles. The number of aliphatic hydroxyl groups is 1. The number of rotatable bonds is 8. The number of ether oxygens (including phenoxy) is 1. The molecule has 1 saturated heterocycles. The Morgan fingerprint density at radius 1 is 1.43 bits per heavy atom. The number of carbonyl (C=O) groups excluding carboxylic acids is 1. The van der Waals surface area contributed by atoms with E-state index in [9.17, 15) is 9.90 Å². The number of nitrogens with zero attached hydrogens (tertiary/aromatic N) is 1. The van der Waals surface area contributed by atoms with Crippen LogP contribution in [0.1, 0.15) is 44.6 Å². The number of hydrogen-bond acceptors (Lipinski definition) is 4. The average Bonchev–Trinajstić information content (AvgIpc) is 2.89. The first-order valence-electron chi connectivity index (χ1n) is 8.21. The van der Waals surface area contributed by atoms with Gasteiger partial charge in [-0.2, -0.15) is 0 Å². The van der Waals surface area contributed by atoms with Crippen molar-refractivity contribution in [3.63, 3.8) is 0 Å². The summed E-state index contributed by atoms with van der Waals surface area (Å²) in [6.07, 6.45) is 1.81. The standard InChI is InChI=1S/C18H27NO3S/c1-4-22-15-8-5-7-14(11-15)17-19(16(21)12-23-17)10-6-9-18(2,3)13-20/h5,7-8,11,17,20H,4,6,9-10,12-13H2,1-3H3. The Kier molecular flexibility index (Phi) is 6.36. The third kappa shape index (κ3) is 4.88. The van der Waals surface area contributed by atoms with Gasteiger partial charge in [0, 0.05) is 13.2 Å². The minimum absolute atomic E-state index is 0.0696. The summed E-state index contributed by atoms with van der Waals surface area (Å²) in [5.74, 6) is 1.59. The van der Waals surface area contributed by atoms with Crippen LogP contribution < -0.4 is 4.74 Å². The van der Waals surface area contributed by atoms with Gasteiger partial charge in [0.1, 0.15) is 11.1 Å². The van der Waals surface area contributed by atoms with Crippen molar-refractivity contribution in [3.8, 4) is 5.75 Å². The molecule has 0 spiro atoms. The van der Waals surface area contributed by atoms with Gasteiger partial charge in [0.2, 0.25) is 5.91 Å². The lowest BCUT2D eigenvalue weighted by molar-refractivity contribution is -0.128. The van der Waals surface area contributed by atoms with E-state index in [4.69, 9.17) is 4.74 Å². The van der Waals surface area contributed by atoms with Gasteiger partial charge in [0.25, 0.3) is 0 Å². The normalized spacial score (nSPS) is 18.5. The van der Waals surface area contributed by atoms with E-state index in [1.165, 1.54) is 0 Å². The molecule has 128 valence electrons. The molecule has 1 N–H and O–H groups in total. The number of thioether (sulfide) groups is 1. The Labute approximate surface area is 143 Å². The maximum atomic E-state index is 12.2. The summed E-state index contributed by atoms with van der Waals surface area (Å²) < 4.78 is 5.57. The van der Waals surface area contributed by atoms with Crippen molar-refractivity contribution in [2.75, 3.05) is 25.5 Å². The topological polar surface area (TPSA) is 49.8 Å². The Morgan fingerprint density at radius 3 is 2.91 bits per heavy atom. The Balaban J connectivity index is 2.03. The largest absolute Gasteiger partial charge is 0.494 e. The van der Waals surface area contributed by atoms with Crippen molar-refractivity contribution < 1.29 is 14.6 Å². The number of benzene rings is 1. The highest BCUT2D eigenvalue weighted by molar-refractivity contribution is 8.00. The average molecular weight is 337 g/mol. The molecule has 0 bridgehead atoms. The molecule has 1 aliphatic rings. The predicted octanol–water partition coefficient (Wildman–Crippen LogP) is 3.46. The summed E-state index contributed by atoms with van der Waals surface area (Å²) >= 11 is 1.67. The first-order valence-corrected chi connectivity index (χ1v) is 9.26. The summed E-state index contributed by atoms with van der Waals surface area (Å²) in [4.78, 5) is 14.2. The molecule has 4 nitrogen and oxygen atoms in total. The van der Waals surface area contributed by atoms with E-state index in [0.29, 0.717) is 12.4 Å². The van der Waals surface area contributed by atoms with Gasteiger partial charge in [-0.1, -0.05) is 26.0 Å². The Hall–Kier alpha value is -1.20. The number of carbonyl (C=O) groups is 1. The molecule has 0 saturated carbocycles. The fourth-order valence-electron chi connectivity index (χ4n) is 2.70. The molecule has 1 aromatic rings. The van der Waals surface area contributed by atoms with Gasteiger partial charge in [-0.3, -0.25) is 4.79 Å². The fourth-order valence-corrected chi connectivity index (χ4v) is 3.91. The molecule has 2 rings (SSSR count). The van der Waals surface area contributed by atoms with E-state index in [1.807, 2.05) is 30.0 Å². The van der Waals surface area contributed by atoms with Crippen LogP contribution in [0.15, 0.2) is 24.3 Å². The van der Waals surface area contributed by atoms with Crippen molar-refractivity contribution in [2.24, 2.45) is 5.41 Å². The maximum absolute atomic E-state index is 12.2. The van der Waals surface area contributed by atoms with Crippen LogP contribution in [-0.2, 0) is 4.79 Å². The van der Waals surface area contributed by atoms with Crippen molar-refractivity contribution in [1.82, 2.24) is 4.90 Å². The zero-order valence-corrected chi connectivity index (χ0v) is 15.1. The fraction of sp³-hybridized carbons (Fsp3) is 0.611. The van der Waals surface area contributed by atoms with Crippen LogP contribution in [0.5, 0.6) is 5.75 Å². The first-order chi connectivity index (χ1) is 11.0. The molecule has 1 aliphatic heterocycles. The van der Waals surface area contributed by atoms with Crippen molar-refractivity contribution in [1.29, 1.82) is 0 Å². The molecule has 0 aliphatic carbocycles. The van der Waals surface area contributed by atoms with Gasteiger partial charge in [0.15, 0.2) is 0 Å². The van der Waals surface area contributed by atoms with Crippen molar-refractivity contribution in [2.45, 2.75) is 39.0 Å². The lowest BCUT2D eigenvalue weighted by Gasteiger charge is -2.27. The summed E-state index contributed by atoms with van der Waals surface area (Å²) in [5.41, 5.74) is 1.04. The molecule has 1 atom stereocenters. The van der Waals surface area contributed by atoms with Crippen LogP contribution in [-0.4, -0.2) is 41.4 Å². The van der Waals surface area contributed by atoms with Crippen molar-refractivity contribution in [3.05, 3.63) is 29.8 Å². The van der Waals surface area contributed by atoms with Gasteiger partial charge in [-0.05, 0) is 42.9 Å². The number of aliphatic hydroxyl groups excluding tert-OH is 1. The molecular weight excluding hydrogens is 310 g/mol. The van der Waals surface area contributed by atoms with Crippen LogP contribution in [0.4, 0.5) is 0 Å². The summed E-state index contributed by atoms with van der Waals surface area (Å²) in [6.45, 7) is 7.62. The summed E-state index contributed by atoms with van der Waals surface area (Å²) in [5, 5.41) is 9.42. The molecule has 1 heterocycles. The maximum Gasteiger partial charge on any atom is 0.233 e. The molecule has 1 unspecified atom stereocenters. The van der Waals surface area contributed by atoms with E-state index in [2.05, 4.69) is 19.9 Å². The van der Waals surface area contributed by atoms with Crippen LogP contribution in [0.25, 0.3) is 0 Å². The SMILES string of the molecule is CCOc1cccc(C2SCC(=O)N2CCCC(C)(C)CO)c1. The van der Waals surface area contributed by atoms with Gasteiger partial charge in [-0.15, -0.1) is 11.8 Å². The third-order valence-corrected chi connectivity index (χ3v) is 5.36. The second kappa shape index (κ2) is 8.06. The lowest BCUT2D eigenvalue weighted by atomic mass is 9.89. The minimum atomic E-state index is -0.0830. The van der Waals surface area contributed by atoms with E-state index >= 15 is 0 Å². The van der Waals surface area contributed by atoms with Crippen LogP contribution >= 0.6 is 11.8 Å². The van der Waals surface area contributed by atoms with Crippen LogP contribution in [0.2, 0.25) is 0 Å².